The predicted octanol–water partition coefficient (Wildman–Crippen LogP) is 3.70. The van der Waals surface area contributed by atoms with Crippen LogP contribution in [0.4, 0.5) is 9.18 Å². The molecule has 31 heavy (non-hydrogen) atoms. The molecule has 0 aromatic heterocycles. The van der Waals surface area contributed by atoms with Gasteiger partial charge in [-0.15, -0.1) is 0 Å². The summed E-state index contributed by atoms with van der Waals surface area (Å²) in [6.07, 6.45) is 1.61. The number of amides is 3. The van der Waals surface area contributed by atoms with E-state index in [9.17, 15) is 18.8 Å². The molecule has 2 aromatic rings. The molecule has 1 saturated heterocycles. The van der Waals surface area contributed by atoms with Crippen LogP contribution in [0.15, 0.2) is 47.4 Å². The van der Waals surface area contributed by atoms with Gasteiger partial charge in [0, 0.05) is 18.7 Å². The molecule has 7 nitrogen and oxygen atoms in total. The Labute approximate surface area is 183 Å². The van der Waals surface area contributed by atoms with Crippen molar-refractivity contribution < 1.29 is 28.2 Å². The second-order valence-corrected chi connectivity index (χ2v) is 7.44. The maximum atomic E-state index is 13.2. The van der Waals surface area contributed by atoms with Gasteiger partial charge in [-0.3, -0.25) is 19.3 Å². The van der Waals surface area contributed by atoms with Gasteiger partial charge in [-0.25, -0.2) is 4.39 Å². The molecule has 162 valence electrons. The first-order chi connectivity index (χ1) is 14.9. The summed E-state index contributed by atoms with van der Waals surface area (Å²) in [6, 6.07) is 10.5. The van der Waals surface area contributed by atoms with E-state index in [1.165, 1.54) is 25.3 Å². The molecule has 1 N–H and O–H groups in total. The smallest absolute Gasteiger partial charge is 0.293 e. The van der Waals surface area contributed by atoms with Gasteiger partial charge in [0.15, 0.2) is 11.5 Å². The first-order valence-electron chi connectivity index (χ1n) is 9.53. The van der Waals surface area contributed by atoms with Crippen LogP contribution in [0.5, 0.6) is 11.5 Å². The molecule has 3 amide bonds. The fourth-order valence-electron chi connectivity index (χ4n) is 2.91. The highest BCUT2D eigenvalue weighted by Gasteiger charge is 2.34. The van der Waals surface area contributed by atoms with E-state index >= 15 is 0 Å². The molecule has 1 fully saturated rings. The van der Waals surface area contributed by atoms with Gasteiger partial charge < -0.3 is 14.8 Å². The Hall–Kier alpha value is -3.33. The van der Waals surface area contributed by atoms with Gasteiger partial charge in [-0.1, -0.05) is 12.1 Å². The van der Waals surface area contributed by atoms with Crippen molar-refractivity contribution in [3.8, 4) is 11.5 Å². The van der Waals surface area contributed by atoms with Crippen LogP contribution in [0.3, 0.4) is 0 Å². The maximum Gasteiger partial charge on any atom is 0.293 e. The van der Waals surface area contributed by atoms with Crippen molar-refractivity contribution in [3.05, 3.63) is 64.3 Å². The fourth-order valence-corrected chi connectivity index (χ4v) is 3.77. The number of nitrogens with one attached hydrogen (secondary N) is 1. The largest absolute Gasteiger partial charge is 0.493 e. The summed E-state index contributed by atoms with van der Waals surface area (Å²) in [5.41, 5.74) is 0.851. The molecule has 0 aliphatic carbocycles. The van der Waals surface area contributed by atoms with E-state index in [4.69, 9.17) is 9.47 Å². The Morgan fingerprint density at radius 1 is 1.19 bits per heavy atom. The predicted molar refractivity (Wildman–Crippen MR) is 116 cm³/mol. The number of rotatable bonds is 8. The Kier molecular flexibility index (Phi) is 7.30. The molecule has 0 saturated carbocycles. The number of carbonyl (C=O) groups is 3. The number of hydrogen-bond donors (Lipinski definition) is 1. The molecule has 1 aliphatic heterocycles. The van der Waals surface area contributed by atoms with E-state index < -0.39 is 22.9 Å². The molecular weight excluding hydrogens is 423 g/mol. The van der Waals surface area contributed by atoms with Gasteiger partial charge in [-0.2, -0.15) is 0 Å². The minimum atomic E-state index is -0.519. The van der Waals surface area contributed by atoms with Gasteiger partial charge in [-0.05, 0) is 60.7 Å². The van der Waals surface area contributed by atoms with E-state index in [1.807, 2.05) is 6.92 Å². The first-order valence-corrected chi connectivity index (χ1v) is 10.3. The number of halogens is 1. The van der Waals surface area contributed by atoms with Crippen LogP contribution in [0.25, 0.3) is 6.08 Å². The van der Waals surface area contributed by atoms with Crippen molar-refractivity contribution in [2.24, 2.45) is 0 Å². The lowest BCUT2D eigenvalue weighted by Crippen LogP contribution is -2.37. The van der Waals surface area contributed by atoms with Crippen LogP contribution < -0.4 is 14.8 Å². The molecule has 0 atom stereocenters. The molecule has 0 bridgehead atoms. The van der Waals surface area contributed by atoms with E-state index in [-0.39, 0.29) is 23.6 Å². The Balaban J connectivity index is 1.63. The minimum absolute atomic E-state index is 0.00958. The first kappa shape index (κ1) is 22.4. The monoisotopic (exact) mass is 444 g/mol. The molecule has 0 spiro atoms. The lowest BCUT2D eigenvalue weighted by atomic mass is 10.2. The molecule has 3 rings (SSSR count). The number of hydrogen-bond acceptors (Lipinski definition) is 6. The van der Waals surface area contributed by atoms with Crippen LogP contribution in [0.2, 0.25) is 0 Å². The quantitative estimate of drug-likeness (QED) is 0.625. The molecule has 0 radical (unpaired) electrons. The number of benzene rings is 2. The highest BCUT2D eigenvalue weighted by Crippen LogP contribution is 2.34. The second kappa shape index (κ2) is 10.1. The Morgan fingerprint density at radius 3 is 2.71 bits per heavy atom. The van der Waals surface area contributed by atoms with Gasteiger partial charge in [0.1, 0.15) is 5.82 Å². The highest BCUT2D eigenvalue weighted by atomic mass is 32.2. The van der Waals surface area contributed by atoms with Crippen molar-refractivity contribution in [2.45, 2.75) is 6.92 Å². The summed E-state index contributed by atoms with van der Waals surface area (Å²) >= 11 is 0.826. The van der Waals surface area contributed by atoms with Crippen LogP contribution in [-0.2, 0) is 4.79 Å². The molecule has 9 heteroatoms. The molecular formula is C22H21FN2O5S. The van der Waals surface area contributed by atoms with Gasteiger partial charge in [0.2, 0.25) is 0 Å². The number of ether oxygens (including phenoxy) is 2. The van der Waals surface area contributed by atoms with Crippen LogP contribution in [0, 0.1) is 5.82 Å². The molecule has 0 unspecified atom stereocenters. The fraction of sp³-hybridized carbons (Fsp3) is 0.227. The minimum Gasteiger partial charge on any atom is -0.493 e. The third-order valence-corrected chi connectivity index (χ3v) is 5.27. The van der Waals surface area contributed by atoms with Crippen molar-refractivity contribution in [2.75, 3.05) is 26.8 Å². The average molecular weight is 444 g/mol. The van der Waals surface area contributed by atoms with Gasteiger partial charge in [0.05, 0.1) is 18.6 Å². The van der Waals surface area contributed by atoms with Crippen LogP contribution >= 0.6 is 11.8 Å². The van der Waals surface area contributed by atoms with Gasteiger partial charge >= 0.3 is 0 Å². The zero-order valence-electron chi connectivity index (χ0n) is 17.0. The number of nitrogens with zero attached hydrogens (tertiary/aromatic N) is 1. The number of carbonyl (C=O) groups excluding carboxylic acids is 3. The van der Waals surface area contributed by atoms with E-state index in [0.717, 1.165) is 22.7 Å². The summed E-state index contributed by atoms with van der Waals surface area (Å²) in [5.74, 6) is -0.333. The van der Waals surface area contributed by atoms with Crippen molar-refractivity contribution >= 4 is 34.9 Å². The summed E-state index contributed by atoms with van der Waals surface area (Å²) in [6.45, 7) is 2.42. The summed E-state index contributed by atoms with van der Waals surface area (Å²) < 4.78 is 24.0. The second-order valence-electron chi connectivity index (χ2n) is 6.44. The maximum absolute atomic E-state index is 13.2. The zero-order chi connectivity index (χ0) is 22.4. The molecule has 1 aliphatic rings. The average Bonchev–Trinajstić information content (AvgIpc) is 3.02. The number of thioether (sulfide) groups is 1. The highest BCUT2D eigenvalue weighted by molar-refractivity contribution is 8.18. The van der Waals surface area contributed by atoms with Crippen LogP contribution in [-0.4, -0.2) is 48.8 Å². The number of imide groups is 1. The topological polar surface area (TPSA) is 84.9 Å². The summed E-state index contributed by atoms with van der Waals surface area (Å²) in [5, 5.41) is 2.16. The molecule has 1 heterocycles. The standard InChI is InChI=1S/C22H21FN2O5S/c1-3-30-17-8-7-14(11-18(17)29-2)12-19-21(27)25(22(28)31-19)10-9-24-20(26)15-5-4-6-16(23)13-15/h4-8,11-13H,3,9-10H2,1-2H3,(H,24,26). The lowest BCUT2D eigenvalue weighted by Gasteiger charge is -2.13. The normalized spacial score (nSPS) is 14.8. The van der Waals surface area contributed by atoms with Crippen LogP contribution in [0.1, 0.15) is 22.8 Å². The van der Waals surface area contributed by atoms with Crippen molar-refractivity contribution in [1.29, 1.82) is 0 Å². The van der Waals surface area contributed by atoms with Gasteiger partial charge in [0.25, 0.3) is 17.1 Å². The van der Waals surface area contributed by atoms with E-state index in [0.29, 0.717) is 23.7 Å². The summed E-state index contributed by atoms with van der Waals surface area (Å²) in [4.78, 5) is 38.3. The lowest BCUT2D eigenvalue weighted by molar-refractivity contribution is -0.122. The van der Waals surface area contributed by atoms with E-state index in [1.54, 1.807) is 24.3 Å². The third-order valence-electron chi connectivity index (χ3n) is 4.37. The Morgan fingerprint density at radius 2 is 2.00 bits per heavy atom. The van der Waals surface area contributed by atoms with E-state index in [2.05, 4.69) is 5.32 Å². The molecule has 2 aromatic carbocycles. The summed E-state index contributed by atoms with van der Waals surface area (Å²) in [7, 11) is 1.52. The van der Waals surface area contributed by atoms with Crippen molar-refractivity contribution in [1.82, 2.24) is 10.2 Å². The zero-order valence-corrected chi connectivity index (χ0v) is 17.8. The SMILES string of the molecule is CCOc1ccc(C=C2SC(=O)N(CCNC(=O)c3cccc(F)c3)C2=O)cc1OC. The van der Waals surface area contributed by atoms with Crippen molar-refractivity contribution in [3.63, 3.8) is 0 Å². The Bertz CT molecular complexity index is 1040. The third kappa shape index (κ3) is 5.43. The number of methoxy groups -OCH3 is 1.